The van der Waals surface area contributed by atoms with Crippen molar-refractivity contribution in [2.75, 3.05) is 32.9 Å². The topological polar surface area (TPSA) is 68.2 Å². The summed E-state index contributed by atoms with van der Waals surface area (Å²) in [5.41, 5.74) is 0. The minimum absolute atomic E-state index is 0.586. The fourth-order valence-electron chi connectivity index (χ4n) is 1.21. The third-order valence-corrected chi connectivity index (χ3v) is 3.87. The molecule has 0 aromatic rings. The van der Waals surface area contributed by atoms with Gasteiger partial charge in [-0.15, -0.1) is 0 Å². The van der Waals surface area contributed by atoms with Crippen molar-refractivity contribution in [3.63, 3.8) is 0 Å². The quantitative estimate of drug-likeness (QED) is 0.661. The van der Waals surface area contributed by atoms with Gasteiger partial charge in [0.2, 0.25) is 0 Å². The second-order valence-corrected chi connectivity index (χ2v) is 5.09. The van der Waals surface area contributed by atoms with Crippen molar-refractivity contribution in [2.45, 2.75) is 41.0 Å². The zero-order valence-electron chi connectivity index (χ0n) is 12.8. The van der Waals surface area contributed by atoms with Gasteiger partial charge in [0.25, 0.3) is 0 Å². The lowest BCUT2D eigenvalue weighted by molar-refractivity contribution is 0.107. The second kappa shape index (κ2) is 15.4. The molecule has 1 amide bonds. The number of carbonyl (C=O) groups is 1. The largest absolute Gasteiger partial charge is 0.484 e. The van der Waals surface area contributed by atoms with E-state index in [9.17, 15) is 4.79 Å². The SMILES string of the molecule is CCCN(CC)C(=O)O.CCO[SiH](OCC)OCC. The highest BCUT2D eigenvalue weighted by Crippen LogP contribution is 1.91. The molecule has 0 aliphatic carbocycles. The second-order valence-electron chi connectivity index (χ2n) is 3.52. The number of hydrogen-bond donors (Lipinski definition) is 1. The number of hydrogen-bond acceptors (Lipinski definition) is 4. The highest BCUT2D eigenvalue weighted by Gasteiger charge is 2.11. The van der Waals surface area contributed by atoms with E-state index in [1.807, 2.05) is 34.6 Å². The number of amides is 1. The molecule has 6 nitrogen and oxygen atoms in total. The first-order valence-corrected chi connectivity index (χ1v) is 8.31. The number of rotatable bonds is 9. The van der Waals surface area contributed by atoms with Gasteiger partial charge in [-0.25, -0.2) is 4.79 Å². The summed E-state index contributed by atoms with van der Waals surface area (Å²) >= 11 is 0. The smallest absolute Gasteiger partial charge is 0.465 e. The monoisotopic (exact) mass is 295 g/mol. The molecule has 0 aromatic carbocycles. The molecule has 0 aromatic heterocycles. The Balaban J connectivity index is 0. The fourth-order valence-corrected chi connectivity index (χ4v) is 2.32. The van der Waals surface area contributed by atoms with Crippen LogP contribution in [0.4, 0.5) is 4.79 Å². The van der Waals surface area contributed by atoms with Gasteiger partial charge in [0.1, 0.15) is 0 Å². The molecule has 0 unspecified atom stereocenters. The molecule has 19 heavy (non-hydrogen) atoms. The summed E-state index contributed by atoms with van der Waals surface area (Å²) in [6, 6.07) is 0. The summed E-state index contributed by atoms with van der Waals surface area (Å²) in [6.45, 7) is 12.9. The Kier molecular flexibility index (Phi) is 16.8. The highest BCUT2D eigenvalue weighted by molar-refractivity contribution is 6.36. The van der Waals surface area contributed by atoms with Crippen LogP contribution in [0.3, 0.4) is 0 Å². The van der Waals surface area contributed by atoms with Gasteiger partial charge in [0.05, 0.1) is 0 Å². The van der Waals surface area contributed by atoms with Gasteiger partial charge in [-0.1, -0.05) is 6.92 Å². The molecule has 0 aliphatic heterocycles. The van der Waals surface area contributed by atoms with Gasteiger partial charge in [-0.05, 0) is 34.1 Å². The van der Waals surface area contributed by atoms with Crippen molar-refractivity contribution in [3.05, 3.63) is 0 Å². The van der Waals surface area contributed by atoms with Crippen molar-refractivity contribution in [1.82, 2.24) is 4.90 Å². The van der Waals surface area contributed by atoms with Gasteiger partial charge < -0.3 is 23.3 Å². The van der Waals surface area contributed by atoms with Crippen molar-refractivity contribution in [2.24, 2.45) is 0 Å². The first-order valence-electron chi connectivity index (χ1n) is 6.89. The molecule has 7 heteroatoms. The Morgan fingerprint density at radius 2 is 1.42 bits per heavy atom. The van der Waals surface area contributed by atoms with Gasteiger partial charge in [-0.3, -0.25) is 0 Å². The van der Waals surface area contributed by atoms with Crippen LogP contribution in [-0.4, -0.2) is 58.5 Å². The van der Waals surface area contributed by atoms with E-state index in [4.69, 9.17) is 18.4 Å². The van der Waals surface area contributed by atoms with Crippen LogP contribution < -0.4 is 0 Å². The zero-order chi connectivity index (χ0) is 15.1. The maximum Gasteiger partial charge on any atom is 0.484 e. The van der Waals surface area contributed by atoms with Crippen molar-refractivity contribution >= 4 is 15.6 Å². The molecule has 0 heterocycles. The molecule has 1 N–H and O–H groups in total. The molecule has 0 saturated carbocycles. The molecule has 0 aliphatic rings. The Labute approximate surface area is 118 Å². The molecule has 0 bridgehead atoms. The average molecular weight is 295 g/mol. The molecule has 0 spiro atoms. The van der Waals surface area contributed by atoms with E-state index in [0.29, 0.717) is 32.9 Å². The Morgan fingerprint density at radius 1 is 1.00 bits per heavy atom. The third-order valence-electron chi connectivity index (χ3n) is 2.05. The van der Waals surface area contributed by atoms with Gasteiger partial charge in [0.15, 0.2) is 0 Å². The molecular formula is C12H29NO5Si. The summed E-state index contributed by atoms with van der Waals surface area (Å²) in [7, 11) is -1.73. The predicted molar refractivity (Wildman–Crippen MR) is 77.6 cm³/mol. The van der Waals surface area contributed by atoms with E-state index in [1.165, 1.54) is 4.90 Å². The zero-order valence-corrected chi connectivity index (χ0v) is 14.0. The van der Waals surface area contributed by atoms with Crippen LogP contribution in [-0.2, 0) is 13.3 Å². The fraction of sp³-hybridized carbons (Fsp3) is 0.917. The number of carboxylic acid groups (broad SMARTS) is 1. The van der Waals surface area contributed by atoms with Crippen LogP contribution in [0.15, 0.2) is 0 Å². The molecule has 0 fully saturated rings. The average Bonchev–Trinajstić information content (AvgIpc) is 2.37. The predicted octanol–water partition coefficient (Wildman–Crippen LogP) is 2.21. The number of nitrogens with zero attached hydrogens (tertiary/aromatic N) is 1. The van der Waals surface area contributed by atoms with Crippen LogP contribution in [0.25, 0.3) is 0 Å². The van der Waals surface area contributed by atoms with Crippen molar-refractivity contribution in [3.8, 4) is 0 Å². The van der Waals surface area contributed by atoms with Crippen LogP contribution in [0.2, 0.25) is 0 Å². The van der Waals surface area contributed by atoms with E-state index >= 15 is 0 Å². The van der Waals surface area contributed by atoms with Gasteiger partial charge in [-0.2, -0.15) is 0 Å². The minimum atomic E-state index is -1.73. The van der Waals surface area contributed by atoms with E-state index in [1.54, 1.807) is 0 Å². The molecule has 116 valence electrons. The van der Waals surface area contributed by atoms with Crippen LogP contribution in [0.1, 0.15) is 41.0 Å². The Bertz CT molecular complexity index is 192. The van der Waals surface area contributed by atoms with E-state index in [2.05, 4.69) is 0 Å². The summed E-state index contributed by atoms with van der Waals surface area (Å²) in [6.07, 6.45) is 0.0690. The van der Waals surface area contributed by atoms with Crippen molar-refractivity contribution in [1.29, 1.82) is 0 Å². The van der Waals surface area contributed by atoms with Crippen LogP contribution in [0, 0.1) is 0 Å². The summed E-state index contributed by atoms with van der Waals surface area (Å²) in [5.74, 6) is 0. The molecule has 0 saturated heterocycles. The standard InChI is InChI=1S/C6H13NO2.C6H16O3Si/c1-3-5-7(4-2)6(8)9;1-4-7-10(8-5-2)9-6-3/h3-5H2,1-2H3,(H,8,9);10H,4-6H2,1-3H3. The van der Waals surface area contributed by atoms with Crippen molar-refractivity contribution < 1.29 is 23.2 Å². The molecule has 0 rings (SSSR count). The maximum atomic E-state index is 10.2. The maximum absolute atomic E-state index is 10.2. The minimum Gasteiger partial charge on any atom is -0.465 e. The molecule has 0 atom stereocenters. The molecular weight excluding hydrogens is 266 g/mol. The third kappa shape index (κ3) is 13.6. The summed E-state index contributed by atoms with van der Waals surface area (Å²) in [5, 5.41) is 8.43. The first kappa shape index (κ1) is 20.7. The highest BCUT2D eigenvalue weighted by atomic mass is 28.3. The Morgan fingerprint density at radius 3 is 1.58 bits per heavy atom. The lowest BCUT2D eigenvalue weighted by atomic mass is 10.4. The van der Waals surface area contributed by atoms with E-state index in [0.717, 1.165) is 6.42 Å². The van der Waals surface area contributed by atoms with E-state index in [-0.39, 0.29) is 0 Å². The Hall–Kier alpha value is -0.633. The first-order chi connectivity index (χ1) is 9.06. The van der Waals surface area contributed by atoms with Crippen LogP contribution in [0.5, 0.6) is 0 Å². The van der Waals surface area contributed by atoms with E-state index < -0.39 is 15.6 Å². The molecule has 0 radical (unpaired) electrons. The lowest BCUT2D eigenvalue weighted by Crippen LogP contribution is -2.29. The summed E-state index contributed by atoms with van der Waals surface area (Å²) in [4.78, 5) is 11.6. The van der Waals surface area contributed by atoms with Crippen LogP contribution >= 0.6 is 0 Å². The van der Waals surface area contributed by atoms with Gasteiger partial charge >= 0.3 is 15.6 Å². The van der Waals surface area contributed by atoms with Gasteiger partial charge in [0, 0.05) is 32.9 Å². The summed E-state index contributed by atoms with van der Waals surface area (Å²) < 4.78 is 15.7. The lowest BCUT2D eigenvalue weighted by Gasteiger charge is -2.14. The normalized spacial score (nSPS) is 10.0.